The van der Waals surface area contributed by atoms with Crippen molar-refractivity contribution in [2.45, 2.75) is 72.1 Å². The maximum Gasteiger partial charge on any atom is 0.250 e. The molecule has 0 aliphatic carbocycles. The summed E-state index contributed by atoms with van der Waals surface area (Å²) >= 11 is 0. The summed E-state index contributed by atoms with van der Waals surface area (Å²) in [6.07, 6.45) is 0.889. The molecule has 0 heterocycles. The monoisotopic (exact) mass is 588 g/mol. The van der Waals surface area contributed by atoms with E-state index in [1.54, 1.807) is 13.0 Å². The lowest BCUT2D eigenvalue weighted by atomic mass is 9.86. The van der Waals surface area contributed by atoms with E-state index in [0.717, 1.165) is 16.3 Å². The molecule has 0 aliphatic heterocycles. The normalized spacial score (nSPS) is 14.7. The number of rotatable bonds is 15. The van der Waals surface area contributed by atoms with Crippen LogP contribution < -0.4 is 21.8 Å². The van der Waals surface area contributed by atoms with E-state index in [1.807, 2.05) is 94.4 Å². The van der Waals surface area contributed by atoms with Crippen molar-refractivity contribution in [3.63, 3.8) is 0 Å². The lowest BCUT2D eigenvalue weighted by Gasteiger charge is -2.34. The summed E-state index contributed by atoms with van der Waals surface area (Å²) in [5, 5.41) is 7.60. The van der Waals surface area contributed by atoms with Gasteiger partial charge in [-0.3, -0.25) is 24.0 Å². The molecule has 0 bridgehead atoms. The van der Waals surface area contributed by atoms with Crippen LogP contribution in [0.3, 0.4) is 0 Å². The van der Waals surface area contributed by atoms with Crippen LogP contribution in [-0.2, 0) is 36.2 Å². The molecule has 0 saturated carbocycles. The molecule has 9 nitrogen and oxygen atoms in total. The van der Waals surface area contributed by atoms with E-state index in [0.29, 0.717) is 18.4 Å². The van der Waals surface area contributed by atoms with Crippen molar-refractivity contribution in [2.24, 2.45) is 23.5 Å². The third kappa shape index (κ3) is 9.12. The molecular formula is C34H44N4O5. The Hall–Kier alpha value is -4.24. The lowest BCUT2D eigenvalue weighted by Crippen LogP contribution is -2.60. The minimum Gasteiger partial charge on any atom is -0.368 e. The van der Waals surface area contributed by atoms with E-state index in [1.165, 1.54) is 0 Å². The van der Waals surface area contributed by atoms with Crippen LogP contribution in [-0.4, -0.2) is 29.7 Å². The zero-order chi connectivity index (χ0) is 31.6. The van der Waals surface area contributed by atoms with Gasteiger partial charge < -0.3 is 16.4 Å². The van der Waals surface area contributed by atoms with Gasteiger partial charge in [0.2, 0.25) is 17.7 Å². The number of hydrogen-bond acceptors (Lipinski definition) is 5. The number of nitrogens with one attached hydrogen (secondary N) is 3. The highest BCUT2D eigenvalue weighted by Gasteiger charge is 2.41. The van der Waals surface area contributed by atoms with Gasteiger partial charge in [-0.2, -0.15) is 0 Å². The van der Waals surface area contributed by atoms with E-state index in [9.17, 15) is 19.2 Å². The molecule has 9 heteroatoms. The molecule has 43 heavy (non-hydrogen) atoms. The number of carbonyl (C=O) groups excluding carboxylic acids is 4. The molecule has 4 atom stereocenters. The molecule has 0 spiro atoms. The number of primary amides is 1. The Labute approximate surface area is 253 Å². The predicted molar refractivity (Wildman–Crippen MR) is 167 cm³/mol. The first-order chi connectivity index (χ1) is 20.4. The summed E-state index contributed by atoms with van der Waals surface area (Å²) in [4.78, 5) is 58.3. The number of hydroxylamine groups is 1. The molecule has 230 valence electrons. The van der Waals surface area contributed by atoms with Crippen LogP contribution in [0.15, 0.2) is 72.8 Å². The van der Waals surface area contributed by atoms with Gasteiger partial charge >= 0.3 is 0 Å². The second-order valence-electron chi connectivity index (χ2n) is 11.7. The molecule has 0 aliphatic rings. The quantitative estimate of drug-likeness (QED) is 0.194. The van der Waals surface area contributed by atoms with Gasteiger partial charge in [-0.25, -0.2) is 5.48 Å². The molecule has 0 saturated heterocycles. The molecule has 3 aromatic rings. The average Bonchev–Trinajstić information content (AvgIpc) is 2.98. The van der Waals surface area contributed by atoms with Crippen molar-refractivity contribution in [3.8, 4) is 0 Å². The Kier molecular flexibility index (Phi) is 11.8. The van der Waals surface area contributed by atoms with E-state index in [4.69, 9.17) is 10.6 Å². The highest BCUT2D eigenvalue weighted by molar-refractivity contribution is 5.97. The number of nitrogens with two attached hydrogens (primary N) is 1. The maximum atomic E-state index is 14.0. The molecule has 2 unspecified atom stereocenters. The van der Waals surface area contributed by atoms with Gasteiger partial charge in [0, 0.05) is 12.3 Å². The molecule has 0 radical (unpaired) electrons. The fourth-order valence-corrected chi connectivity index (χ4v) is 5.02. The summed E-state index contributed by atoms with van der Waals surface area (Å²) in [5.41, 5.74) is 7.94. The minimum absolute atomic E-state index is 0.0965. The number of benzene rings is 3. The van der Waals surface area contributed by atoms with Gasteiger partial charge in [0.25, 0.3) is 5.91 Å². The van der Waals surface area contributed by atoms with Crippen molar-refractivity contribution in [1.29, 1.82) is 0 Å². The standard InChI is InChI=1S/C34H44N4O5/c1-6-23(4)30(31(35)40)36-33(42)34(5,28-17-16-25-14-10-11-15-26(25)19-28)37-32(41)27(18-22(2)3)20-29(39)38-43-21-24-12-8-7-9-13-24/h7-17,19,22-23,27,30H,6,18,20-21H2,1-5H3,(H2,35,40)(H,36,42)(H,37,41)(H,38,39)/t23?,27?,30-,34-/m0/s1. The molecular weight excluding hydrogens is 544 g/mol. The van der Waals surface area contributed by atoms with E-state index < -0.39 is 41.1 Å². The van der Waals surface area contributed by atoms with Gasteiger partial charge in [-0.05, 0) is 53.1 Å². The zero-order valence-corrected chi connectivity index (χ0v) is 25.7. The SMILES string of the molecule is CCC(C)[C@H](NC(=O)[C@@](C)(NC(=O)C(CC(=O)NOCc1ccccc1)CC(C)C)c1ccc2ccccc2c1)C(N)=O. The zero-order valence-electron chi connectivity index (χ0n) is 25.7. The van der Waals surface area contributed by atoms with E-state index >= 15 is 0 Å². The first-order valence-electron chi connectivity index (χ1n) is 14.8. The average molecular weight is 589 g/mol. The number of fused-ring (bicyclic) bond motifs is 1. The first kappa shape index (κ1) is 33.3. The van der Waals surface area contributed by atoms with Crippen molar-refractivity contribution >= 4 is 34.4 Å². The minimum atomic E-state index is -1.57. The topological polar surface area (TPSA) is 140 Å². The van der Waals surface area contributed by atoms with Crippen molar-refractivity contribution in [3.05, 3.63) is 83.9 Å². The Morgan fingerprint density at radius 3 is 2.19 bits per heavy atom. The van der Waals surface area contributed by atoms with Crippen LogP contribution in [0.5, 0.6) is 0 Å². The van der Waals surface area contributed by atoms with Gasteiger partial charge in [0.05, 0.1) is 6.61 Å². The van der Waals surface area contributed by atoms with Crippen molar-refractivity contribution in [2.75, 3.05) is 0 Å². The Balaban J connectivity index is 1.87. The summed E-state index contributed by atoms with van der Waals surface area (Å²) < 4.78 is 0. The number of hydrogen-bond donors (Lipinski definition) is 4. The molecule has 3 rings (SSSR count). The fraction of sp³-hybridized carbons (Fsp3) is 0.412. The highest BCUT2D eigenvalue weighted by atomic mass is 16.6. The van der Waals surface area contributed by atoms with E-state index in [2.05, 4.69) is 16.1 Å². The Bertz CT molecular complexity index is 1410. The largest absolute Gasteiger partial charge is 0.368 e. The summed E-state index contributed by atoms with van der Waals surface area (Å²) in [7, 11) is 0. The van der Waals surface area contributed by atoms with E-state index in [-0.39, 0.29) is 24.9 Å². The van der Waals surface area contributed by atoms with Crippen LogP contribution in [0.1, 0.15) is 65.0 Å². The first-order valence-corrected chi connectivity index (χ1v) is 14.8. The summed E-state index contributed by atoms with van der Waals surface area (Å²) in [5.74, 6) is -2.99. The fourth-order valence-electron chi connectivity index (χ4n) is 5.02. The highest BCUT2D eigenvalue weighted by Crippen LogP contribution is 2.28. The number of amides is 4. The van der Waals surface area contributed by atoms with Gasteiger partial charge in [-0.1, -0.05) is 101 Å². The molecule has 3 aromatic carbocycles. The van der Waals surface area contributed by atoms with Crippen LogP contribution in [0.4, 0.5) is 0 Å². The third-order valence-corrected chi connectivity index (χ3v) is 7.79. The lowest BCUT2D eigenvalue weighted by molar-refractivity contribution is -0.141. The molecule has 5 N–H and O–H groups in total. The second kappa shape index (κ2) is 15.3. The van der Waals surface area contributed by atoms with Crippen LogP contribution >= 0.6 is 0 Å². The molecule has 4 amide bonds. The number of carbonyl (C=O) groups is 4. The van der Waals surface area contributed by atoms with Crippen molar-refractivity contribution < 1.29 is 24.0 Å². The third-order valence-electron chi connectivity index (χ3n) is 7.79. The Morgan fingerprint density at radius 2 is 1.56 bits per heavy atom. The Morgan fingerprint density at radius 1 is 0.907 bits per heavy atom. The van der Waals surface area contributed by atoms with Crippen LogP contribution in [0.2, 0.25) is 0 Å². The van der Waals surface area contributed by atoms with Crippen LogP contribution in [0.25, 0.3) is 10.8 Å². The summed E-state index contributed by atoms with van der Waals surface area (Å²) in [6, 6.07) is 21.7. The second-order valence-corrected chi connectivity index (χ2v) is 11.7. The van der Waals surface area contributed by atoms with Gasteiger partial charge in [0.15, 0.2) is 0 Å². The van der Waals surface area contributed by atoms with Gasteiger partial charge in [0.1, 0.15) is 11.6 Å². The molecule has 0 fully saturated rings. The van der Waals surface area contributed by atoms with Crippen molar-refractivity contribution in [1.82, 2.24) is 16.1 Å². The van der Waals surface area contributed by atoms with Gasteiger partial charge in [-0.15, -0.1) is 0 Å². The maximum absolute atomic E-state index is 14.0. The van der Waals surface area contributed by atoms with Crippen LogP contribution in [0, 0.1) is 17.8 Å². The summed E-state index contributed by atoms with van der Waals surface area (Å²) in [6.45, 7) is 9.45. The predicted octanol–water partition coefficient (Wildman–Crippen LogP) is 4.49. The molecule has 0 aromatic heterocycles. The smallest absolute Gasteiger partial charge is 0.250 e.